The summed E-state index contributed by atoms with van der Waals surface area (Å²) in [5, 5.41) is 2.05. The molecule has 1 saturated heterocycles. The smallest absolute Gasteiger partial charge is 0.399 e. The van der Waals surface area contributed by atoms with Gasteiger partial charge >= 0.3 is 7.12 Å². The molecular weight excluding hydrogens is 349 g/mol. The quantitative estimate of drug-likeness (QED) is 0.597. The molecule has 0 N–H and O–H groups in total. The number of aromatic nitrogens is 1. The highest BCUT2D eigenvalue weighted by atomic mass is 79.9. The van der Waals surface area contributed by atoms with Crippen LogP contribution in [0, 0.1) is 0 Å². The number of halogens is 1. The van der Waals surface area contributed by atoms with Crippen LogP contribution in [-0.2, 0) is 9.31 Å². The van der Waals surface area contributed by atoms with E-state index < -0.39 is 0 Å². The lowest BCUT2D eigenvalue weighted by atomic mass is 9.79. The van der Waals surface area contributed by atoms with Crippen molar-refractivity contribution in [2.45, 2.75) is 38.9 Å². The van der Waals surface area contributed by atoms with Crippen molar-refractivity contribution in [2.24, 2.45) is 0 Å². The Kier molecular flexibility index (Phi) is 3.77. The van der Waals surface area contributed by atoms with Gasteiger partial charge in [0.1, 0.15) is 4.60 Å². The van der Waals surface area contributed by atoms with Gasteiger partial charge in [0, 0.05) is 0 Å². The largest absolute Gasteiger partial charge is 0.495 e. The summed E-state index contributed by atoms with van der Waals surface area (Å²) in [6, 6.07) is 8.09. The molecule has 0 aromatic carbocycles. The lowest BCUT2D eigenvalue weighted by Gasteiger charge is -2.32. The number of nitrogens with zero attached hydrogens (tertiary/aromatic N) is 1. The minimum Gasteiger partial charge on any atom is -0.399 e. The summed E-state index contributed by atoms with van der Waals surface area (Å²) >= 11 is 5.16. The fraction of sp³-hybridized carbons (Fsp3) is 0.400. The van der Waals surface area contributed by atoms with Crippen molar-refractivity contribution in [1.29, 1.82) is 0 Å². The van der Waals surface area contributed by atoms with E-state index in [1.165, 1.54) is 0 Å². The van der Waals surface area contributed by atoms with E-state index in [0.717, 1.165) is 20.6 Å². The molecule has 0 spiro atoms. The third-order valence-corrected chi connectivity index (χ3v) is 5.41. The molecule has 3 nitrogen and oxygen atoms in total. The molecular formula is C15H17BBrNO2S. The van der Waals surface area contributed by atoms with Gasteiger partial charge in [0.05, 0.1) is 21.8 Å². The molecule has 1 fully saturated rings. The molecule has 3 heterocycles. The predicted octanol–water partition coefficient (Wildman–Crippen LogP) is 3.87. The van der Waals surface area contributed by atoms with Crippen molar-refractivity contribution >= 4 is 39.8 Å². The first-order valence-electron chi connectivity index (χ1n) is 6.85. The first-order valence-corrected chi connectivity index (χ1v) is 8.53. The molecule has 0 bridgehead atoms. The molecule has 2 aromatic heterocycles. The van der Waals surface area contributed by atoms with Crippen molar-refractivity contribution in [3.63, 3.8) is 0 Å². The molecule has 21 heavy (non-hydrogen) atoms. The predicted molar refractivity (Wildman–Crippen MR) is 91.0 cm³/mol. The molecule has 0 atom stereocenters. The first-order chi connectivity index (χ1) is 9.78. The Labute approximate surface area is 138 Å². The van der Waals surface area contributed by atoms with Crippen LogP contribution < -0.4 is 5.46 Å². The zero-order valence-corrected chi connectivity index (χ0v) is 14.9. The maximum atomic E-state index is 6.11. The van der Waals surface area contributed by atoms with E-state index in [1.54, 1.807) is 11.3 Å². The van der Waals surface area contributed by atoms with E-state index in [2.05, 4.69) is 54.7 Å². The van der Waals surface area contributed by atoms with Crippen molar-refractivity contribution in [3.05, 3.63) is 34.2 Å². The van der Waals surface area contributed by atoms with Gasteiger partial charge in [-0.1, -0.05) is 6.07 Å². The van der Waals surface area contributed by atoms with Gasteiger partial charge in [-0.15, -0.1) is 11.3 Å². The van der Waals surface area contributed by atoms with Gasteiger partial charge < -0.3 is 9.31 Å². The third kappa shape index (κ3) is 2.82. The zero-order valence-electron chi connectivity index (χ0n) is 12.5. The topological polar surface area (TPSA) is 31.4 Å². The third-order valence-electron chi connectivity index (χ3n) is 4.12. The summed E-state index contributed by atoms with van der Waals surface area (Å²) in [6.07, 6.45) is 0. The summed E-state index contributed by atoms with van der Waals surface area (Å²) in [5.41, 5.74) is 1.25. The first kappa shape index (κ1) is 15.2. The van der Waals surface area contributed by atoms with Gasteiger partial charge in [-0.25, -0.2) is 4.98 Å². The second-order valence-corrected chi connectivity index (χ2v) is 7.93. The highest BCUT2D eigenvalue weighted by molar-refractivity contribution is 9.10. The molecule has 0 aliphatic carbocycles. The van der Waals surface area contributed by atoms with Crippen LogP contribution in [0.1, 0.15) is 27.7 Å². The fourth-order valence-corrected chi connectivity index (χ4v) is 3.32. The van der Waals surface area contributed by atoms with Crippen LogP contribution in [0.5, 0.6) is 0 Å². The van der Waals surface area contributed by atoms with Crippen molar-refractivity contribution in [2.75, 3.05) is 0 Å². The standard InChI is InChI=1S/C15H17BBrNO2S/c1-14(2)15(3,4)20-16(19-14)10-8-11(18-13(17)9-10)12-6-5-7-21-12/h5-9H,1-4H3. The summed E-state index contributed by atoms with van der Waals surface area (Å²) < 4.78 is 13.0. The average molecular weight is 366 g/mol. The Morgan fingerprint density at radius 2 is 1.81 bits per heavy atom. The van der Waals surface area contributed by atoms with Crippen LogP contribution in [0.2, 0.25) is 0 Å². The van der Waals surface area contributed by atoms with Gasteiger partial charge in [0.2, 0.25) is 0 Å². The molecule has 0 unspecified atom stereocenters. The summed E-state index contributed by atoms with van der Waals surface area (Å²) in [7, 11) is -0.368. The van der Waals surface area contributed by atoms with Crippen LogP contribution in [0.3, 0.4) is 0 Å². The van der Waals surface area contributed by atoms with Gasteiger partial charge in [0.25, 0.3) is 0 Å². The highest BCUT2D eigenvalue weighted by Gasteiger charge is 2.51. The van der Waals surface area contributed by atoms with Gasteiger partial charge in [0.15, 0.2) is 0 Å². The lowest BCUT2D eigenvalue weighted by molar-refractivity contribution is 0.00578. The summed E-state index contributed by atoms with van der Waals surface area (Å²) in [6.45, 7) is 8.24. The Balaban J connectivity index is 1.97. The maximum absolute atomic E-state index is 6.11. The van der Waals surface area contributed by atoms with Crippen molar-refractivity contribution < 1.29 is 9.31 Å². The molecule has 0 saturated carbocycles. The molecule has 3 rings (SSSR count). The number of rotatable bonds is 2. The summed E-state index contributed by atoms with van der Waals surface area (Å²) in [5.74, 6) is 0. The number of pyridine rings is 1. The van der Waals surface area contributed by atoms with E-state index in [1.807, 2.05) is 23.6 Å². The summed E-state index contributed by atoms with van der Waals surface area (Å²) in [4.78, 5) is 5.67. The molecule has 110 valence electrons. The van der Waals surface area contributed by atoms with Gasteiger partial charge in [-0.05, 0) is 72.7 Å². The number of hydrogen-bond donors (Lipinski definition) is 0. The zero-order chi connectivity index (χ0) is 15.3. The Hall–Kier alpha value is -0.685. The molecule has 1 aliphatic rings. The maximum Gasteiger partial charge on any atom is 0.495 e. The monoisotopic (exact) mass is 365 g/mol. The van der Waals surface area contributed by atoms with Crippen LogP contribution >= 0.6 is 27.3 Å². The number of hydrogen-bond acceptors (Lipinski definition) is 4. The molecule has 6 heteroatoms. The van der Waals surface area contributed by atoms with Crippen LogP contribution in [0.25, 0.3) is 10.6 Å². The minimum atomic E-state index is -0.368. The van der Waals surface area contributed by atoms with Gasteiger partial charge in [-0.2, -0.15) is 0 Å². The van der Waals surface area contributed by atoms with E-state index in [9.17, 15) is 0 Å². The average Bonchev–Trinajstić information content (AvgIpc) is 2.96. The molecule has 1 aliphatic heterocycles. The van der Waals surface area contributed by atoms with Gasteiger partial charge in [-0.3, -0.25) is 0 Å². The van der Waals surface area contributed by atoms with E-state index in [0.29, 0.717) is 0 Å². The van der Waals surface area contributed by atoms with E-state index in [4.69, 9.17) is 9.31 Å². The second-order valence-electron chi connectivity index (χ2n) is 6.17. The second kappa shape index (κ2) is 5.20. The molecule has 0 amide bonds. The van der Waals surface area contributed by atoms with Crippen LogP contribution in [0.15, 0.2) is 34.2 Å². The Bertz CT molecular complexity index is 642. The minimum absolute atomic E-state index is 0.337. The SMILES string of the molecule is CC1(C)OB(c2cc(Br)nc(-c3cccs3)c2)OC1(C)C. The Morgan fingerprint density at radius 1 is 1.14 bits per heavy atom. The molecule has 2 aromatic rings. The van der Waals surface area contributed by atoms with Crippen LogP contribution in [0.4, 0.5) is 0 Å². The van der Waals surface area contributed by atoms with Crippen LogP contribution in [-0.4, -0.2) is 23.3 Å². The van der Waals surface area contributed by atoms with E-state index in [-0.39, 0.29) is 18.3 Å². The van der Waals surface area contributed by atoms with E-state index >= 15 is 0 Å². The number of thiophene rings is 1. The fourth-order valence-electron chi connectivity index (χ4n) is 2.18. The van der Waals surface area contributed by atoms with Crippen molar-refractivity contribution in [1.82, 2.24) is 4.98 Å². The highest BCUT2D eigenvalue weighted by Crippen LogP contribution is 2.36. The normalized spacial score (nSPS) is 20.0. The Morgan fingerprint density at radius 3 is 2.38 bits per heavy atom. The molecule has 0 radical (unpaired) electrons. The van der Waals surface area contributed by atoms with Crippen molar-refractivity contribution in [3.8, 4) is 10.6 Å². The lowest BCUT2D eigenvalue weighted by Crippen LogP contribution is -2.41.